The van der Waals surface area contributed by atoms with Crippen molar-refractivity contribution in [3.63, 3.8) is 0 Å². The lowest BCUT2D eigenvalue weighted by atomic mass is 9.94. The van der Waals surface area contributed by atoms with Gasteiger partial charge in [0.15, 0.2) is 0 Å². The summed E-state index contributed by atoms with van der Waals surface area (Å²) in [5.74, 6) is -0.293. The zero-order valence-corrected chi connectivity index (χ0v) is 10.6. The number of amides is 2. The first kappa shape index (κ1) is 14.2. The minimum Gasteiger partial charge on any atom is -0.469 e. The van der Waals surface area contributed by atoms with Crippen LogP contribution in [-0.2, 0) is 9.53 Å². The third-order valence-electron chi connectivity index (χ3n) is 2.76. The number of nitrogens with zero attached hydrogens (tertiary/aromatic N) is 1. The number of carbonyl (C=O) groups excluding carboxylic acids is 2. The van der Waals surface area contributed by atoms with Crippen LogP contribution in [0.5, 0.6) is 0 Å². The zero-order valence-electron chi connectivity index (χ0n) is 10.6. The fraction of sp³-hybridized carbons (Fsp3) is 0.583. The quantitative estimate of drug-likeness (QED) is 0.441. The van der Waals surface area contributed by atoms with E-state index in [0.29, 0.717) is 12.1 Å². The molecule has 2 amide bonds. The standard InChI is InChI=1S/C12H19N3O3/c1-18-11(16)8-7-10(14-15-12(13)17)9-5-3-2-4-6-9/h5H,2-4,6-8H2,1H3,(H3,13,15,17). The van der Waals surface area contributed by atoms with Gasteiger partial charge in [-0.25, -0.2) is 10.2 Å². The number of hydrogen-bond acceptors (Lipinski definition) is 4. The number of primary amides is 1. The SMILES string of the molecule is COC(=O)CCC(=NNC(N)=O)C1=CCCCC1. The molecule has 6 nitrogen and oxygen atoms in total. The summed E-state index contributed by atoms with van der Waals surface area (Å²) in [6.45, 7) is 0. The van der Waals surface area contributed by atoms with Gasteiger partial charge in [-0.05, 0) is 31.3 Å². The average molecular weight is 253 g/mol. The van der Waals surface area contributed by atoms with Crippen LogP contribution in [0.1, 0.15) is 38.5 Å². The highest BCUT2D eigenvalue weighted by Crippen LogP contribution is 2.20. The molecule has 0 spiro atoms. The Labute approximate surface area is 106 Å². The molecular formula is C12H19N3O3. The molecular weight excluding hydrogens is 234 g/mol. The number of nitrogens with one attached hydrogen (secondary N) is 1. The van der Waals surface area contributed by atoms with Crippen LogP contribution in [0.15, 0.2) is 16.8 Å². The molecule has 6 heteroatoms. The van der Waals surface area contributed by atoms with Crippen LogP contribution in [0.25, 0.3) is 0 Å². The molecule has 100 valence electrons. The second-order valence-corrected chi connectivity index (χ2v) is 4.09. The van der Waals surface area contributed by atoms with Crippen molar-refractivity contribution in [1.29, 1.82) is 0 Å². The number of methoxy groups -OCH3 is 1. The van der Waals surface area contributed by atoms with Crippen molar-refractivity contribution in [3.8, 4) is 0 Å². The number of ether oxygens (including phenoxy) is 1. The number of urea groups is 1. The number of carbonyl (C=O) groups is 2. The number of esters is 1. The van der Waals surface area contributed by atoms with Crippen molar-refractivity contribution in [3.05, 3.63) is 11.6 Å². The average Bonchev–Trinajstić information content (AvgIpc) is 2.39. The molecule has 3 N–H and O–H groups in total. The van der Waals surface area contributed by atoms with Gasteiger partial charge in [0.05, 0.1) is 19.2 Å². The van der Waals surface area contributed by atoms with Gasteiger partial charge in [0.2, 0.25) is 0 Å². The molecule has 0 radical (unpaired) electrons. The lowest BCUT2D eigenvalue weighted by molar-refractivity contribution is -0.140. The first-order valence-electron chi connectivity index (χ1n) is 6.01. The van der Waals surface area contributed by atoms with Crippen LogP contribution in [-0.4, -0.2) is 24.8 Å². The van der Waals surface area contributed by atoms with E-state index in [-0.39, 0.29) is 12.4 Å². The van der Waals surface area contributed by atoms with Gasteiger partial charge < -0.3 is 10.5 Å². The van der Waals surface area contributed by atoms with E-state index in [1.807, 2.05) is 0 Å². The molecule has 0 heterocycles. The molecule has 0 saturated carbocycles. The van der Waals surface area contributed by atoms with Gasteiger partial charge in [0.25, 0.3) is 0 Å². The fourth-order valence-corrected chi connectivity index (χ4v) is 1.83. The van der Waals surface area contributed by atoms with Gasteiger partial charge >= 0.3 is 12.0 Å². The lowest BCUT2D eigenvalue weighted by Gasteiger charge is -2.14. The van der Waals surface area contributed by atoms with Crippen LogP contribution in [0.3, 0.4) is 0 Å². The number of nitrogens with two attached hydrogens (primary N) is 1. The van der Waals surface area contributed by atoms with E-state index in [1.165, 1.54) is 7.11 Å². The van der Waals surface area contributed by atoms with Gasteiger partial charge in [-0.3, -0.25) is 4.79 Å². The minimum atomic E-state index is -0.707. The predicted octanol–water partition coefficient (Wildman–Crippen LogP) is 1.46. The van der Waals surface area contributed by atoms with Gasteiger partial charge in [-0.15, -0.1) is 0 Å². The molecule has 0 aromatic heterocycles. The monoisotopic (exact) mass is 253 g/mol. The number of allylic oxidation sites excluding steroid dienone is 2. The van der Waals surface area contributed by atoms with Crippen molar-refractivity contribution in [2.24, 2.45) is 10.8 Å². The van der Waals surface area contributed by atoms with E-state index < -0.39 is 6.03 Å². The Balaban J connectivity index is 2.68. The molecule has 1 rings (SSSR count). The summed E-state index contributed by atoms with van der Waals surface area (Å²) in [5.41, 5.74) is 8.99. The highest BCUT2D eigenvalue weighted by Gasteiger charge is 2.13. The summed E-state index contributed by atoms with van der Waals surface area (Å²) >= 11 is 0. The highest BCUT2D eigenvalue weighted by atomic mass is 16.5. The van der Waals surface area contributed by atoms with E-state index >= 15 is 0 Å². The summed E-state index contributed by atoms with van der Waals surface area (Å²) in [6, 6.07) is -0.707. The Morgan fingerprint density at radius 3 is 2.78 bits per heavy atom. The van der Waals surface area contributed by atoms with Gasteiger partial charge in [0, 0.05) is 6.42 Å². The Morgan fingerprint density at radius 1 is 1.44 bits per heavy atom. The molecule has 0 aliphatic heterocycles. The molecule has 0 aromatic carbocycles. The number of rotatable bonds is 5. The van der Waals surface area contributed by atoms with Crippen molar-refractivity contribution in [2.75, 3.05) is 7.11 Å². The van der Waals surface area contributed by atoms with Crippen LogP contribution < -0.4 is 11.2 Å². The van der Waals surface area contributed by atoms with Crippen molar-refractivity contribution in [1.82, 2.24) is 5.43 Å². The molecule has 0 aromatic rings. The molecule has 0 fully saturated rings. The van der Waals surface area contributed by atoms with E-state index in [2.05, 4.69) is 21.3 Å². The zero-order chi connectivity index (χ0) is 13.4. The van der Waals surface area contributed by atoms with E-state index in [4.69, 9.17) is 5.73 Å². The summed E-state index contributed by atoms with van der Waals surface area (Å²) in [7, 11) is 1.35. The highest BCUT2D eigenvalue weighted by molar-refractivity contribution is 6.01. The smallest absolute Gasteiger partial charge is 0.332 e. The molecule has 0 saturated heterocycles. The van der Waals surface area contributed by atoms with E-state index in [9.17, 15) is 9.59 Å². The second-order valence-electron chi connectivity index (χ2n) is 4.09. The Bertz CT molecular complexity index is 375. The molecule has 1 aliphatic carbocycles. The van der Waals surface area contributed by atoms with E-state index in [1.54, 1.807) is 0 Å². The van der Waals surface area contributed by atoms with Crippen LogP contribution >= 0.6 is 0 Å². The second kappa shape index (κ2) is 7.47. The maximum Gasteiger partial charge on any atom is 0.332 e. The lowest BCUT2D eigenvalue weighted by Crippen LogP contribution is -2.26. The van der Waals surface area contributed by atoms with Gasteiger partial charge in [-0.1, -0.05) is 6.08 Å². The number of hydrazone groups is 1. The maximum absolute atomic E-state index is 11.1. The fourth-order valence-electron chi connectivity index (χ4n) is 1.83. The van der Waals surface area contributed by atoms with Gasteiger partial charge in [-0.2, -0.15) is 5.10 Å². The topological polar surface area (TPSA) is 93.8 Å². The van der Waals surface area contributed by atoms with Crippen molar-refractivity contribution >= 4 is 17.7 Å². The minimum absolute atomic E-state index is 0.243. The van der Waals surface area contributed by atoms with Crippen molar-refractivity contribution in [2.45, 2.75) is 38.5 Å². The summed E-state index contributed by atoms with van der Waals surface area (Å²) in [4.78, 5) is 21.8. The molecule has 1 aliphatic rings. The van der Waals surface area contributed by atoms with E-state index in [0.717, 1.165) is 31.3 Å². The largest absolute Gasteiger partial charge is 0.469 e. The third kappa shape index (κ3) is 4.99. The van der Waals surface area contributed by atoms with Gasteiger partial charge in [0.1, 0.15) is 0 Å². The first-order chi connectivity index (χ1) is 8.63. The van der Waals surface area contributed by atoms with Crippen LogP contribution in [0, 0.1) is 0 Å². The first-order valence-corrected chi connectivity index (χ1v) is 6.01. The summed E-state index contributed by atoms with van der Waals surface area (Å²) in [5, 5.41) is 3.97. The Kier molecular flexibility index (Phi) is 5.90. The number of hydrogen-bond donors (Lipinski definition) is 2. The van der Waals surface area contributed by atoms with Crippen LogP contribution in [0.4, 0.5) is 4.79 Å². The molecule has 0 atom stereocenters. The summed E-state index contributed by atoms with van der Waals surface area (Å²) < 4.78 is 4.59. The normalized spacial score (nSPS) is 15.8. The molecule has 0 unspecified atom stereocenters. The third-order valence-corrected chi connectivity index (χ3v) is 2.76. The van der Waals surface area contributed by atoms with Crippen LogP contribution in [0.2, 0.25) is 0 Å². The summed E-state index contributed by atoms with van der Waals surface area (Å²) in [6.07, 6.45) is 6.97. The maximum atomic E-state index is 11.1. The Morgan fingerprint density at radius 2 is 2.22 bits per heavy atom. The molecule has 18 heavy (non-hydrogen) atoms. The molecule has 0 bridgehead atoms. The predicted molar refractivity (Wildman–Crippen MR) is 68.0 cm³/mol. The Hall–Kier alpha value is -1.85. The van der Waals surface area contributed by atoms with Crippen molar-refractivity contribution < 1.29 is 14.3 Å².